The second kappa shape index (κ2) is 9.05. The lowest BCUT2D eigenvalue weighted by molar-refractivity contribution is -0.133. The maximum absolute atomic E-state index is 14.0. The molecule has 0 bridgehead atoms. The van der Waals surface area contributed by atoms with Gasteiger partial charge in [-0.2, -0.15) is 0 Å². The molecule has 2 aliphatic heterocycles. The highest BCUT2D eigenvalue weighted by atomic mass is 32.1. The average molecular weight is 416 g/mol. The first-order valence-corrected chi connectivity index (χ1v) is 11.1. The Bertz CT molecular complexity index is 870. The maximum Gasteiger partial charge on any atom is 0.264 e. The standard InChI is InChI=1S/C22H26FN3O2S/c23-18-7-3-2-6-17(18)19-8-9-20(29-19)22(28)26-14-12-24(13-15-26)16-21(27)25-10-4-1-5-11-25/h2-3,6-9H,1,4-5,10-16H2. The molecule has 3 heterocycles. The van der Waals surface area contributed by atoms with Crippen LogP contribution >= 0.6 is 11.3 Å². The minimum Gasteiger partial charge on any atom is -0.342 e. The third kappa shape index (κ3) is 4.67. The van der Waals surface area contributed by atoms with Gasteiger partial charge in [-0.25, -0.2) is 4.39 Å². The summed E-state index contributed by atoms with van der Waals surface area (Å²) in [5, 5.41) is 0. The molecule has 4 rings (SSSR count). The maximum atomic E-state index is 14.0. The van der Waals surface area contributed by atoms with Crippen LogP contribution in [0.25, 0.3) is 10.4 Å². The number of carbonyl (C=O) groups excluding carboxylic acids is 2. The molecule has 2 fully saturated rings. The SMILES string of the molecule is O=C(CN1CCN(C(=O)c2ccc(-c3ccccc3F)s2)CC1)N1CCCCC1. The van der Waals surface area contributed by atoms with Crippen LogP contribution in [0, 0.1) is 5.82 Å². The summed E-state index contributed by atoms with van der Waals surface area (Å²) in [7, 11) is 0. The van der Waals surface area contributed by atoms with E-state index in [1.165, 1.54) is 23.8 Å². The second-order valence-corrected chi connectivity index (χ2v) is 8.74. The average Bonchev–Trinajstić information content (AvgIpc) is 3.25. The number of likely N-dealkylation sites (tertiary alicyclic amines) is 1. The van der Waals surface area contributed by atoms with Crippen molar-refractivity contribution >= 4 is 23.2 Å². The number of nitrogens with zero attached hydrogens (tertiary/aromatic N) is 3. The topological polar surface area (TPSA) is 43.9 Å². The summed E-state index contributed by atoms with van der Waals surface area (Å²) < 4.78 is 14.0. The van der Waals surface area contributed by atoms with Gasteiger partial charge in [0.2, 0.25) is 5.91 Å². The van der Waals surface area contributed by atoms with Crippen molar-refractivity contribution in [1.82, 2.24) is 14.7 Å². The lowest BCUT2D eigenvalue weighted by Crippen LogP contribution is -2.51. The smallest absolute Gasteiger partial charge is 0.264 e. The van der Waals surface area contributed by atoms with Crippen molar-refractivity contribution in [2.75, 3.05) is 45.8 Å². The minimum atomic E-state index is -0.277. The largest absolute Gasteiger partial charge is 0.342 e. The predicted octanol–water partition coefficient (Wildman–Crippen LogP) is 3.32. The van der Waals surface area contributed by atoms with Crippen LogP contribution in [-0.4, -0.2) is 72.3 Å². The van der Waals surface area contributed by atoms with Crippen LogP contribution in [-0.2, 0) is 4.79 Å². The molecule has 5 nitrogen and oxygen atoms in total. The van der Waals surface area contributed by atoms with E-state index in [4.69, 9.17) is 0 Å². The summed E-state index contributed by atoms with van der Waals surface area (Å²) in [5.41, 5.74) is 0.526. The zero-order valence-corrected chi connectivity index (χ0v) is 17.3. The van der Waals surface area contributed by atoms with E-state index < -0.39 is 0 Å². The van der Waals surface area contributed by atoms with Crippen LogP contribution in [0.2, 0.25) is 0 Å². The molecule has 154 valence electrons. The molecule has 29 heavy (non-hydrogen) atoms. The first-order valence-electron chi connectivity index (χ1n) is 10.3. The molecule has 2 saturated heterocycles. The summed E-state index contributed by atoms with van der Waals surface area (Å²) in [4.78, 5) is 32.6. The zero-order valence-electron chi connectivity index (χ0n) is 16.5. The molecule has 2 aliphatic rings. The van der Waals surface area contributed by atoms with Gasteiger partial charge in [0.1, 0.15) is 5.82 Å². The number of rotatable bonds is 4. The summed E-state index contributed by atoms with van der Waals surface area (Å²) >= 11 is 1.33. The van der Waals surface area contributed by atoms with E-state index in [1.807, 2.05) is 15.9 Å². The monoisotopic (exact) mass is 415 g/mol. The molecule has 0 saturated carbocycles. The van der Waals surface area contributed by atoms with Crippen molar-refractivity contribution in [2.45, 2.75) is 19.3 Å². The molecular weight excluding hydrogens is 389 g/mol. The Labute approximate surface area is 174 Å². The predicted molar refractivity (Wildman–Crippen MR) is 112 cm³/mol. The number of piperidine rings is 1. The number of hydrogen-bond acceptors (Lipinski definition) is 4. The molecule has 2 aromatic rings. The van der Waals surface area contributed by atoms with Crippen molar-refractivity contribution in [2.24, 2.45) is 0 Å². The minimum absolute atomic E-state index is 0.0143. The van der Waals surface area contributed by atoms with Crippen molar-refractivity contribution in [3.05, 3.63) is 47.1 Å². The van der Waals surface area contributed by atoms with E-state index in [2.05, 4.69) is 4.90 Å². The van der Waals surface area contributed by atoms with Gasteiger partial charge in [0.25, 0.3) is 5.91 Å². The van der Waals surface area contributed by atoms with Crippen molar-refractivity contribution in [3.63, 3.8) is 0 Å². The third-order valence-electron chi connectivity index (χ3n) is 5.68. The number of carbonyl (C=O) groups is 2. The second-order valence-electron chi connectivity index (χ2n) is 7.65. The molecule has 0 aliphatic carbocycles. The Morgan fingerprint density at radius 2 is 1.59 bits per heavy atom. The highest BCUT2D eigenvalue weighted by Gasteiger charge is 2.26. The summed E-state index contributed by atoms with van der Waals surface area (Å²) in [6, 6.07) is 10.2. The Morgan fingerprint density at radius 3 is 2.31 bits per heavy atom. The molecule has 1 aromatic carbocycles. The summed E-state index contributed by atoms with van der Waals surface area (Å²) in [6.07, 6.45) is 3.42. The van der Waals surface area contributed by atoms with Gasteiger partial charge in [-0.1, -0.05) is 18.2 Å². The highest BCUT2D eigenvalue weighted by molar-refractivity contribution is 7.17. The first-order chi connectivity index (χ1) is 14.1. The highest BCUT2D eigenvalue weighted by Crippen LogP contribution is 2.30. The Morgan fingerprint density at radius 1 is 0.862 bits per heavy atom. The fourth-order valence-electron chi connectivity index (χ4n) is 3.96. The molecule has 0 unspecified atom stereocenters. The Hall–Kier alpha value is -2.25. The Balaban J connectivity index is 1.31. The fourth-order valence-corrected chi connectivity index (χ4v) is 4.96. The number of thiophene rings is 1. The van der Waals surface area contributed by atoms with E-state index >= 15 is 0 Å². The molecule has 0 atom stereocenters. The number of benzene rings is 1. The molecule has 2 amide bonds. The van der Waals surface area contributed by atoms with E-state index in [0.717, 1.165) is 30.8 Å². The molecular formula is C22H26FN3O2S. The normalized spacial score (nSPS) is 18.1. The van der Waals surface area contributed by atoms with Crippen LogP contribution < -0.4 is 0 Å². The molecule has 1 aromatic heterocycles. The van der Waals surface area contributed by atoms with Gasteiger partial charge in [-0.3, -0.25) is 14.5 Å². The van der Waals surface area contributed by atoms with E-state index in [1.54, 1.807) is 24.3 Å². The van der Waals surface area contributed by atoms with E-state index in [-0.39, 0.29) is 17.6 Å². The van der Waals surface area contributed by atoms with Crippen LogP contribution in [0.4, 0.5) is 4.39 Å². The molecule has 7 heteroatoms. The van der Waals surface area contributed by atoms with Crippen molar-refractivity contribution in [3.8, 4) is 10.4 Å². The van der Waals surface area contributed by atoms with Gasteiger partial charge in [-0.15, -0.1) is 11.3 Å². The molecule has 0 radical (unpaired) electrons. The van der Waals surface area contributed by atoms with E-state index in [9.17, 15) is 14.0 Å². The zero-order chi connectivity index (χ0) is 20.2. The van der Waals surface area contributed by atoms with Gasteiger partial charge >= 0.3 is 0 Å². The van der Waals surface area contributed by atoms with Gasteiger partial charge in [-0.05, 0) is 37.5 Å². The molecule has 0 N–H and O–H groups in total. The van der Waals surface area contributed by atoms with Crippen LogP contribution in [0.3, 0.4) is 0 Å². The van der Waals surface area contributed by atoms with Gasteiger partial charge in [0.15, 0.2) is 0 Å². The Kier molecular flexibility index (Phi) is 6.25. The van der Waals surface area contributed by atoms with Crippen molar-refractivity contribution < 1.29 is 14.0 Å². The van der Waals surface area contributed by atoms with Gasteiger partial charge in [0.05, 0.1) is 11.4 Å². The van der Waals surface area contributed by atoms with Crippen LogP contribution in [0.15, 0.2) is 36.4 Å². The van der Waals surface area contributed by atoms with Crippen molar-refractivity contribution in [1.29, 1.82) is 0 Å². The number of piperazine rings is 1. The van der Waals surface area contributed by atoms with Gasteiger partial charge in [0, 0.05) is 49.7 Å². The first kappa shape index (κ1) is 20.0. The summed E-state index contributed by atoms with van der Waals surface area (Å²) in [5.74, 6) is -0.0859. The van der Waals surface area contributed by atoms with Gasteiger partial charge < -0.3 is 9.80 Å². The van der Waals surface area contributed by atoms with Crippen LogP contribution in [0.1, 0.15) is 28.9 Å². The van der Waals surface area contributed by atoms with Crippen LogP contribution in [0.5, 0.6) is 0 Å². The number of hydrogen-bond donors (Lipinski definition) is 0. The summed E-state index contributed by atoms with van der Waals surface area (Å²) in [6.45, 7) is 4.82. The lowest BCUT2D eigenvalue weighted by atomic mass is 10.1. The number of amides is 2. The molecule has 0 spiro atoms. The fraction of sp³-hybridized carbons (Fsp3) is 0.455. The number of halogens is 1. The van der Waals surface area contributed by atoms with E-state index in [0.29, 0.717) is 43.2 Å². The third-order valence-corrected chi connectivity index (χ3v) is 6.79. The quantitative estimate of drug-likeness (QED) is 0.770. The lowest BCUT2D eigenvalue weighted by Gasteiger charge is -2.35.